The lowest BCUT2D eigenvalue weighted by Crippen LogP contribution is -2.12. The maximum absolute atomic E-state index is 12.7. The van der Waals surface area contributed by atoms with Gasteiger partial charge < -0.3 is 14.4 Å². The van der Waals surface area contributed by atoms with E-state index in [1.807, 2.05) is 77.4 Å². The molecule has 0 aliphatic rings. The number of carbonyl (C=O) groups is 1. The van der Waals surface area contributed by atoms with Crippen LogP contribution < -0.4 is 4.74 Å². The molecule has 0 saturated carbocycles. The van der Waals surface area contributed by atoms with Crippen molar-refractivity contribution >= 4 is 38.4 Å². The van der Waals surface area contributed by atoms with Crippen molar-refractivity contribution in [3.63, 3.8) is 0 Å². The molecule has 6 rings (SSSR count). The van der Waals surface area contributed by atoms with Gasteiger partial charge in [0.05, 0.1) is 6.61 Å². The fourth-order valence-corrected chi connectivity index (χ4v) is 5.20. The number of hydrogen-bond acceptors (Lipinski definition) is 2. The molecule has 0 saturated heterocycles. The molecular weight excluding hydrogens is 446 g/mol. The second kappa shape index (κ2) is 9.23. The quantitative estimate of drug-likeness (QED) is 0.242. The second-order valence-electron chi connectivity index (χ2n) is 8.90. The predicted octanol–water partition coefficient (Wildman–Crippen LogP) is 7.78. The van der Waals surface area contributed by atoms with Crippen LogP contribution in [0.15, 0.2) is 109 Å². The number of para-hydroxylation sites is 1. The molecule has 0 atom stereocenters. The van der Waals surface area contributed by atoms with E-state index in [0.717, 1.165) is 49.3 Å². The van der Waals surface area contributed by atoms with Crippen LogP contribution in [0.1, 0.15) is 16.9 Å². The molecule has 0 bridgehead atoms. The Morgan fingerprint density at radius 2 is 1.31 bits per heavy atom. The summed E-state index contributed by atoms with van der Waals surface area (Å²) in [5.74, 6) is -0.0792. The monoisotopic (exact) mass is 471 g/mol. The van der Waals surface area contributed by atoms with Crippen LogP contribution in [0, 0.1) is 0 Å². The van der Waals surface area contributed by atoms with Crippen molar-refractivity contribution in [2.75, 3.05) is 6.61 Å². The van der Waals surface area contributed by atoms with Crippen molar-refractivity contribution < 1.29 is 14.6 Å². The Balaban J connectivity index is 1.37. The lowest BCUT2D eigenvalue weighted by atomic mass is 9.96. The first-order chi connectivity index (χ1) is 17.7. The molecule has 0 unspecified atom stereocenters. The number of aromatic nitrogens is 1. The Morgan fingerprint density at radius 1 is 0.694 bits per heavy atom. The molecule has 1 aromatic heterocycles. The number of carboxylic acid groups (broad SMARTS) is 1. The Labute approximate surface area is 209 Å². The van der Waals surface area contributed by atoms with Crippen molar-refractivity contribution in [3.8, 4) is 16.9 Å². The van der Waals surface area contributed by atoms with Gasteiger partial charge in [-0.2, -0.15) is 0 Å². The van der Waals surface area contributed by atoms with E-state index in [2.05, 4.69) is 36.4 Å². The molecule has 176 valence electrons. The van der Waals surface area contributed by atoms with Gasteiger partial charge in [-0.3, -0.25) is 0 Å². The largest absolute Gasteiger partial charge is 0.493 e. The number of carboxylic acids is 1. The van der Waals surface area contributed by atoms with Crippen LogP contribution >= 0.6 is 0 Å². The minimum absolute atomic E-state index is 0.317. The zero-order valence-electron chi connectivity index (χ0n) is 19.7. The summed E-state index contributed by atoms with van der Waals surface area (Å²) < 4.78 is 8.07. The summed E-state index contributed by atoms with van der Waals surface area (Å²) in [4.78, 5) is 12.7. The minimum Gasteiger partial charge on any atom is -0.493 e. The minimum atomic E-state index is -0.927. The Bertz CT molecular complexity index is 1720. The fraction of sp³-hybridized carbons (Fsp3) is 0.0938. The first kappa shape index (κ1) is 21.9. The number of rotatable bonds is 7. The first-order valence-electron chi connectivity index (χ1n) is 12.2. The molecule has 0 aliphatic heterocycles. The average molecular weight is 472 g/mol. The lowest BCUT2D eigenvalue weighted by molar-refractivity contribution is 0.0686. The molecule has 0 spiro atoms. The van der Waals surface area contributed by atoms with Gasteiger partial charge in [0, 0.05) is 28.4 Å². The number of aryl methyl sites for hydroxylation is 1. The molecule has 6 aromatic rings. The van der Waals surface area contributed by atoms with Crippen LogP contribution in [0.2, 0.25) is 0 Å². The van der Waals surface area contributed by atoms with Crippen molar-refractivity contribution in [1.82, 2.24) is 4.57 Å². The summed E-state index contributed by atoms with van der Waals surface area (Å²) in [6, 6.07) is 36.3. The zero-order valence-corrected chi connectivity index (χ0v) is 19.7. The number of aromatic carboxylic acids is 1. The van der Waals surface area contributed by atoms with Crippen molar-refractivity contribution in [1.29, 1.82) is 0 Å². The van der Waals surface area contributed by atoms with E-state index in [4.69, 9.17) is 4.74 Å². The summed E-state index contributed by atoms with van der Waals surface area (Å²) in [5, 5.41) is 15.7. The number of ether oxygens (including phenoxy) is 1. The molecule has 4 nitrogen and oxygen atoms in total. The van der Waals surface area contributed by atoms with Gasteiger partial charge in [-0.05, 0) is 40.3 Å². The molecule has 0 aliphatic carbocycles. The van der Waals surface area contributed by atoms with E-state index in [0.29, 0.717) is 25.3 Å². The van der Waals surface area contributed by atoms with Crippen molar-refractivity contribution in [2.24, 2.45) is 0 Å². The molecule has 1 heterocycles. The predicted molar refractivity (Wildman–Crippen MR) is 146 cm³/mol. The molecule has 0 amide bonds. The summed E-state index contributed by atoms with van der Waals surface area (Å²) in [5.41, 5.74) is 2.94. The topological polar surface area (TPSA) is 51.5 Å². The van der Waals surface area contributed by atoms with E-state index in [1.165, 1.54) is 0 Å². The van der Waals surface area contributed by atoms with E-state index in [-0.39, 0.29) is 0 Å². The number of fused-ring (bicyclic) bond motifs is 3. The zero-order chi connectivity index (χ0) is 24.5. The number of nitrogens with zero attached hydrogens (tertiary/aromatic N) is 1. The Hall–Kier alpha value is -4.57. The molecular formula is C32H25NO3. The lowest BCUT2D eigenvalue weighted by Gasteiger charge is -2.12. The number of hydrogen-bond donors (Lipinski definition) is 1. The van der Waals surface area contributed by atoms with Gasteiger partial charge in [-0.1, -0.05) is 97.1 Å². The molecule has 4 heteroatoms. The van der Waals surface area contributed by atoms with Gasteiger partial charge in [-0.25, -0.2) is 4.79 Å². The summed E-state index contributed by atoms with van der Waals surface area (Å²) in [6.07, 6.45) is 0.678. The van der Waals surface area contributed by atoms with Gasteiger partial charge >= 0.3 is 5.97 Å². The third kappa shape index (κ3) is 3.77. The summed E-state index contributed by atoms with van der Waals surface area (Å²) in [6.45, 7) is 1.03. The second-order valence-corrected chi connectivity index (χ2v) is 8.90. The maximum atomic E-state index is 12.7. The molecule has 0 radical (unpaired) electrons. The van der Waals surface area contributed by atoms with Gasteiger partial charge in [0.1, 0.15) is 11.4 Å². The third-order valence-electron chi connectivity index (χ3n) is 6.77. The molecule has 36 heavy (non-hydrogen) atoms. The first-order valence-corrected chi connectivity index (χ1v) is 12.2. The number of benzene rings is 5. The van der Waals surface area contributed by atoms with Crippen LogP contribution in [-0.4, -0.2) is 22.2 Å². The van der Waals surface area contributed by atoms with Crippen LogP contribution in [0.25, 0.3) is 43.6 Å². The average Bonchev–Trinajstić information content (AvgIpc) is 3.25. The highest BCUT2D eigenvalue weighted by molar-refractivity contribution is 6.13. The normalized spacial score (nSPS) is 11.3. The van der Waals surface area contributed by atoms with Crippen LogP contribution in [0.4, 0.5) is 0 Å². The van der Waals surface area contributed by atoms with E-state index in [1.54, 1.807) is 0 Å². The van der Waals surface area contributed by atoms with Crippen LogP contribution in [-0.2, 0) is 6.54 Å². The van der Waals surface area contributed by atoms with Crippen molar-refractivity contribution in [2.45, 2.75) is 13.0 Å². The highest BCUT2D eigenvalue weighted by atomic mass is 16.5. The summed E-state index contributed by atoms with van der Waals surface area (Å²) in [7, 11) is 0. The Morgan fingerprint density at radius 3 is 2.08 bits per heavy atom. The van der Waals surface area contributed by atoms with E-state index < -0.39 is 5.97 Å². The van der Waals surface area contributed by atoms with Crippen molar-refractivity contribution in [3.05, 3.63) is 115 Å². The van der Waals surface area contributed by atoms with Gasteiger partial charge in [0.25, 0.3) is 0 Å². The van der Waals surface area contributed by atoms with E-state index >= 15 is 0 Å². The molecule has 0 fully saturated rings. The third-order valence-corrected chi connectivity index (χ3v) is 6.77. The highest BCUT2D eigenvalue weighted by Crippen LogP contribution is 2.39. The fourth-order valence-electron chi connectivity index (χ4n) is 5.20. The summed E-state index contributed by atoms with van der Waals surface area (Å²) >= 11 is 0. The van der Waals surface area contributed by atoms with Gasteiger partial charge in [0.2, 0.25) is 0 Å². The van der Waals surface area contributed by atoms with Gasteiger partial charge in [0.15, 0.2) is 0 Å². The Kier molecular flexibility index (Phi) is 5.62. The standard InChI is InChI=1S/C32H25NO3/c34-32(35)31-30(26-17-7-12-22-10-1-3-14-24(22)26)27-16-5-6-18-28(27)33(31)20-9-21-36-29-19-8-13-23-11-2-4-15-25(23)29/h1-8,10-19H,9,20-21H2,(H,34,35). The molecule has 1 N–H and O–H groups in total. The maximum Gasteiger partial charge on any atom is 0.353 e. The molecule has 5 aromatic carbocycles. The van der Waals surface area contributed by atoms with E-state index in [9.17, 15) is 9.90 Å². The smallest absolute Gasteiger partial charge is 0.353 e. The van der Waals surface area contributed by atoms with Crippen LogP contribution in [0.5, 0.6) is 5.75 Å². The highest BCUT2D eigenvalue weighted by Gasteiger charge is 2.24. The SMILES string of the molecule is O=C(O)c1c(-c2cccc3ccccc23)c2ccccc2n1CCCOc1cccc2ccccc12. The van der Waals surface area contributed by atoms with Gasteiger partial charge in [-0.15, -0.1) is 0 Å². The van der Waals surface area contributed by atoms with Crippen LogP contribution in [0.3, 0.4) is 0 Å².